The van der Waals surface area contributed by atoms with Crippen LogP contribution >= 0.6 is 0 Å². The molecule has 3 aromatic rings. The van der Waals surface area contributed by atoms with Gasteiger partial charge in [0.2, 0.25) is 11.8 Å². The molecule has 1 aliphatic rings. The largest absolute Gasteiger partial charge is 0.368 e. The van der Waals surface area contributed by atoms with E-state index in [1.165, 1.54) is 12.1 Å². The zero-order valence-electron chi connectivity index (χ0n) is 16.8. The van der Waals surface area contributed by atoms with Gasteiger partial charge < -0.3 is 15.4 Å². The van der Waals surface area contributed by atoms with Crippen LogP contribution in [0.1, 0.15) is 27.7 Å². The van der Waals surface area contributed by atoms with Crippen molar-refractivity contribution in [2.24, 2.45) is 5.73 Å². The summed E-state index contributed by atoms with van der Waals surface area (Å²) in [7, 11) is 0. The molecule has 158 valence electrons. The van der Waals surface area contributed by atoms with Crippen molar-refractivity contribution in [2.45, 2.75) is 12.5 Å². The fourth-order valence-electron chi connectivity index (χ4n) is 3.56. The maximum Gasteiger partial charge on any atom is 0.248 e. The summed E-state index contributed by atoms with van der Waals surface area (Å²) in [5, 5.41) is 0. The summed E-state index contributed by atoms with van der Waals surface area (Å²) in [5.74, 6) is -0.828. The van der Waals surface area contributed by atoms with Crippen LogP contribution in [0.5, 0.6) is 0 Å². The molecule has 1 atom stereocenters. The summed E-state index contributed by atoms with van der Waals surface area (Å²) < 4.78 is 18.9. The van der Waals surface area contributed by atoms with E-state index in [9.17, 15) is 14.0 Å². The van der Waals surface area contributed by atoms with Crippen LogP contribution in [-0.4, -0.2) is 41.4 Å². The molecule has 1 saturated heterocycles. The highest BCUT2D eigenvalue weighted by Crippen LogP contribution is 2.25. The maximum absolute atomic E-state index is 13.1. The van der Waals surface area contributed by atoms with E-state index in [4.69, 9.17) is 10.5 Å². The lowest BCUT2D eigenvalue weighted by atomic mass is 10.0. The number of pyridine rings is 1. The van der Waals surface area contributed by atoms with Crippen LogP contribution in [0.25, 0.3) is 11.1 Å². The Balaban J connectivity index is 1.43. The lowest BCUT2D eigenvalue weighted by Crippen LogP contribution is -2.43. The number of primary amides is 1. The van der Waals surface area contributed by atoms with Crippen LogP contribution in [0.4, 0.5) is 4.39 Å². The molecule has 0 radical (unpaired) electrons. The Kier molecular flexibility index (Phi) is 6.04. The second kappa shape index (κ2) is 9.06. The number of amides is 2. The van der Waals surface area contributed by atoms with Gasteiger partial charge in [-0.2, -0.15) is 0 Å². The zero-order chi connectivity index (χ0) is 21.8. The number of benzene rings is 2. The number of nitrogens with zero attached hydrogens (tertiary/aromatic N) is 2. The van der Waals surface area contributed by atoms with Crippen molar-refractivity contribution in [3.8, 4) is 11.1 Å². The fraction of sp³-hybridized carbons (Fsp3) is 0.208. The molecule has 1 aromatic heterocycles. The molecule has 2 amide bonds. The highest BCUT2D eigenvalue weighted by molar-refractivity contribution is 5.94. The number of carbonyl (C=O) groups is 2. The predicted molar refractivity (Wildman–Crippen MR) is 114 cm³/mol. The molecule has 6 nitrogen and oxygen atoms in total. The molecule has 0 spiro atoms. The van der Waals surface area contributed by atoms with Crippen LogP contribution in [0.3, 0.4) is 0 Å². The van der Waals surface area contributed by atoms with Gasteiger partial charge in [-0.1, -0.05) is 30.3 Å². The van der Waals surface area contributed by atoms with Crippen molar-refractivity contribution >= 4 is 11.8 Å². The number of halogens is 1. The third-order valence-corrected chi connectivity index (χ3v) is 5.28. The van der Waals surface area contributed by atoms with Crippen LogP contribution in [-0.2, 0) is 16.0 Å². The fourth-order valence-corrected chi connectivity index (χ4v) is 3.56. The van der Waals surface area contributed by atoms with Gasteiger partial charge in [0.15, 0.2) is 0 Å². The number of rotatable bonds is 5. The number of hydrogen-bond acceptors (Lipinski definition) is 4. The molecule has 0 aliphatic carbocycles. The quantitative estimate of drug-likeness (QED) is 0.689. The molecule has 2 N–H and O–H groups in total. The van der Waals surface area contributed by atoms with Gasteiger partial charge in [0.25, 0.3) is 0 Å². The molecule has 1 aliphatic heterocycles. The minimum Gasteiger partial charge on any atom is -0.368 e. The van der Waals surface area contributed by atoms with Crippen molar-refractivity contribution in [3.63, 3.8) is 0 Å². The monoisotopic (exact) mass is 419 g/mol. The number of aromatic nitrogens is 1. The van der Waals surface area contributed by atoms with E-state index in [0.29, 0.717) is 25.3 Å². The van der Waals surface area contributed by atoms with Crippen molar-refractivity contribution in [3.05, 3.63) is 89.5 Å². The smallest absolute Gasteiger partial charge is 0.248 e. The molecule has 4 rings (SSSR count). The van der Waals surface area contributed by atoms with E-state index in [1.807, 2.05) is 18.2 Å². The molecule has 31 heavy (non-hydrogen) atoms. The van der Waals surface area contributed by atoms with Crippen molar-refractivity contribution in [1.82, 2.24) is 9.88 Å². The van der Waals surface area contributed by atoms with Crippen LogP contribution < -0.4 is 5.73 Å². The van der Waals surface area contributed by atoms with E-state index in [-0.39, 0.29) is 24.2 Å². The summed E-state index contributed by atoms with van der Waals surface area (Å²) in [6, 6.07) is 16.8. The van der Waals surface area contributed by atoms with Gasteiger partial charge in [-0.25, -0.2) is 4.39 Å². The molecule has 0 bridgehead atoms. The third-order valence-electron chi connectivity index (χ3n) is 5.28. The summed E-state index contributed by atoms with van der Waals surface area (Å²) in [6.07, 6.45) is 1.62. The number of morpholine rings is 1. The Hall–Kier alpha value is -3.58. The molecule has 0 saturated carbocycles. The Bertz CT molecular complexity index is 1080. The maximum atomic E-state index is 13.1. The lowest BCUT2D eigenvalue weighted by molar-refractivity contribution is -0.138. The molecule has 2 aromatic carbocycles. The van der Waals surface area contributed by atoms with E-state index in [2.05, 4.69) is 4.98 Å². The molecule has 7 heteroatoms. The lowest BCUT2D eigenvalue weighted by Gasteiger charge is -2.32. The highest BCUT2D eigenvalue weighted by atomic mass is 19.1. The van der Waals surface area contributed by atoms with Crippen molar-refractivity contribution < 1.29 is 18.7 Å². The Morgan fingerprint density at radius 1 is 1.10 bits per heavy atom. The van der Waals surface area contributed by atoms with Gasteiger partial charge in [0.1, 0.15) is 11.9 Å². The van der Waals surface area contributed by atoms with Gasteiger partial charge in [0, 0.05) is 23.9 Å². The standard InChI is InChI=1S/C24H22FN3O3/c25-20-7-4-16(5-8-20)12-23(29)28-10-11-31-22(15-28)21-9-6-19(14-27-21)17-2-1-3-18(13-17)24(26)30/h1-9,13-14,22H,10-12,15H2,(H2,26,30)/t22-/m0/s1. The summed E-state index contributed by atoms with van der Waals surface area (Å²) >= 11 is 0. The number of nitrogens with two attached hydrogens (primary N) is 1. The van der Waals surface area contributed by atoms with Gasteiger partial charge in [-0.15, -0.1) is 0 Å². The first-order valence-corrected chi connectivity index (χ1v) is 9.99. The summed E-state index contributed by atoms with van der Waals surface area (Å²) in [6.45, 7) is 1.34. The van der Waals surface area contributed by atoms with Gasteiger partial charge in [0.05, 0.1) is 25.3 Å². The Morgan fingerprint density at radius 2 is 1.90 bits per heavy atom. The van der Waals surface area contributed by atoms with Gasteiger partial charge in [-0.05, 0) is 41.5 Å². The predicted octanol–water partition coefficient (Wildman–Crippen LogP) is 3.13. The van der Waals surface area contributed by atoms with E-state index >= 15 is 0 Å². The summed E-state index contributed by atoms with van der Waals surface area (Å²) in [4.78, 5) is 30.3. The van der Waals surface area contributed by atoms with Crippen LogP contribution in [0, 0.1) is 5.82 Å². The molecular weight excluding hydrogens is 397 g/mol. The number of hydrogen-bond donors (Lipinski definition) is 1. The SMILES string of the molecule is NC(=O)c1cccc(-c2ccc([C@@H]3CN(C(=O)Cc4ccc(F)cc4)CCO3)nc2)c1. The molecule has 1 fully saturated rings. The molecular formula is C24H22FN3O3. The average Bonchev–Trinajstić information content (AvgIpc) is 2.81. The second-order valence-corrected chi connectivity index (χ2v) is 7.42. The highest BCUT2D eigenvalue weighted by Gasteiger charge is 2.26. The minimum absolute atomic E-state index is 0.0280. The topological polar surface area (TPSA) is 85.5 Å². The van der Waals surface area contributed by atoms with E-state index < -0.39 is 5.91 Å². The zero-order valence-corrected chi connectivity index (χ0v) is 16.8. The van der Waals surface area contributed by atoms with Crippen LogP contribution in [0.2, 0.25) is 0 Å². The normalized spacial score (nSPS) is 16.2. The second-order valence-electron chi connectivity index (χ2n) is 7.42. The number of ether oxygens (including phenoxy) is 1. The van der Waals surface area contributed by atoms with Crippen molar-refractivity contribution in [2.75, 3.05) is 19.7 Å². The Labute approximate surface area is 179 Å². The van der Waals surface area contributed by atoms with E-state index in [1.54, 1.807) is 41.4 Å². The first kappa shape index (κ1) is 20.7. The minimum atomic E-state index is -0.479. The van der Waals surface area contributed by atoms with Gasteiger partial charge in [-0.3, -0.25) is 14.6 Å². The van der Waals surface area contributed by atoms with Crippen molar-refractivity contribution in [1.29, 1.82) is 0 Å². The van der Waals surface area contributed by atoms with E-state index in [0.717, 1.165) is 22.4 Å². The number of carbonyl (C=O) groups excluding carboxylic acids is 2. The summed E-state index contributed by atoms with van der Waals surface area (Å²) in [5.41, 5.74) is 8.99. The third kappa shape index (κ3) is 4.95. The molecule has 0 unspecified atom stereocenters. The average molecular weight is 419 g/mol. The Morgan fingerprint density at radius 3 is 2.61 bits per heavy atom. The molecule has 2 heterocycles. The van der Waals surface area contributed by atoms with Crippen LogP contribution in [0.15, 0.2) is 66.9 Å². The first-order valence-electron chi connectivity index (χ1n) is 9.99. The first-order chi connectivity index (χ1) is 15.0. The van der Waals surface area contributed by atoms with Gasteiger partial charge >= 0.3 is 0 Å².